The molecule has 0 N–H and O–H groups in total. The summed E-state index contributed by atoms with van der Waals surface area (Å²) in [6.07, 6.45) is 4.37. The van der Waals surface area contributed by atoms with E-state index >= 15 is 0 Å². The third-order valence-corrected chi connectivity index (χ3v) is 3.13. The summed E-state index contributed by atoms with van der Waals surface area (Å²) in [7, 11) is 0. The lowest BCUT2D eigenvalue weighted by atomic mass is 9.89. The molecule has 2 bridgehead atoms. The Morgan fingerprint density at radius 1 is 1.18 bits per heavy atom. The molecule has 0 radical (unpaired) electrons. The number of allylic oxidation sites excluding steroid dienone is 1. The maximum absolute atomic E-state index is 11.9. The van der Waals surface area contributed by atoms with Gasteiger partial charge in [0.05, 0.1) is 0 Å². The molecule has 0 aromatic carbocycles. The predicted octanol–water partition coefficient (Wildman–Crippen LogP) is 3.20. The topological polar surface area (TPSA) is 0 Å². The number of rotatable bonds is 1. The van der Waals surface area contributed by atoms with E-state index in [1.807, 2.05) is 0 Å². The van der Waals surface area contributed by atoms with Crippen LogP contribution in [0.25, 0.3) is 0 Å². The van der Waals surface area contributed by atoms with Gasteiger partial charge in [0.15, 0.2) is 0 Å². The highest BCUT2D eigenvalue weighted by Crippen LogP contribution is 2.49. The summed E-state index contributed by atoms with van der Waals surface area (Å²) in [5.74, 6) is 1.56. The van der Waals surface area contributed by atoms with Gasteiger partial charge in [-0.1, -0.05) is 6.42 Å². The van der Waals surface area contributed by atoms with Crippen molar-refractivity contribution in [3.05, 3.63) is 12.2 Å². The fraction of sp³-hybridized carbons (Fsp3) is 0.778. The first-order valence-corrected chi connectivity index (χ1v) is 4.28. The van der Waals surface area contributed by atoms with E-state index in [1.165, 1.54) is 25.3 Å². The first-order valence-electron chi connectivity index (χ1n) is 4.28. The molecule has 0 spiro atoms. The smallest absolute Gasteiger partial charge is 0.174 e. The van der Waals surface area contributed by atoms with E-state index in [9.17, 15) is 8.78 Å². The molecule has 0 unspecified atom stereocenters. The Balaban J connectivity index is 2.03. The van der Waals surface area contributed by atoms with Crippen molar-refractivity contribution in [2.75, 3.05) is 0 Å². The minimum Gasteiger partial charge on any atom is -0.174 e. The van der Waals surface area contributed by atoms with Crippen LogP contribution in [0.1, 0.15) is 25.7 Å². The first kappa shape index (κ1) is 7.26. The minimum atomic E-state index is -1.48. The molecule has 2 heteroatoms. The highest BCUT2D eigenvalue weighted by molar-refractivity contribution is 5.00. The Morgan fingerprint density at radius 2 is 2.00 bits per heavy atom. The lowest BCUT2D eigenvalue weighted by Crippen LogP contribution is -2.07. The molecule has 0 aliphatic heterocycles. The van der Waals surface area contributed by atoms with Crippen LogP contribution >= 0.6 is 0 Å². The van der Waals surface area contributed by atoms with E-state index in [0.717, 1.165) is 12.3 Å². The van der Waals surface area contributed by atoms with Gasteiger partial charge < -0.3 is 0 Å². The van der Waals surface area contributed by atoms with E-state index in [2.05, 4.69) is 0 Å². The SMILES string of the molecule is FC(F)=C[C@@H]1C[C@H]2CC[C@@H]1C2. The Labute approximate surface area is 65.3 Å². The summed E-state index contributed by atoms with van der Waals surface area (Å²) in [6, 6.07) is 0. The third-order valence-electron chi connectivity index (χ3n) is 3.13. The lowest BCUT2D eigenvalue weighted by molar-refractivity contribution is 0.359. The molecular formula is C9H12F2. The molecule has 2 fully saturated rings. The van der Waals surface area contributed by atoms with Gasteiger partial charge in [-0.3, -0.25) is 0 Å². The number of fused-ring (bicyclic) bond motifs is 2. The van der Waals surface area contributed by atoms with E-state index in [4.69, 9.17) is 0 Å². The van der Waals surface area contributed by atoms with Crippen molar-refractivity contribution in [1.29, 1.82) is 0 Å². The van der Waals surface area contributed by atoms with E-state index in [1.54, 1.807) is 0 Å². The summed E-state index contributed by atoms with van der Waals surface area (Å²) in [5.41, 5.74) is 0. The molecular weight excluding hydrogens is 146 g/mol. The van der Waals surface area contributed by atoms with Gasteiger partial charge in [-0.05, 0) is 43.1 Å². The Morgan fingerprint density at radius 3 is 2.45 bits per heavy atom. The monoisotopic (exact) mass is 158 g/mol. The molecule has 11 heavy (non-hydrogen) atoms. The summed E-state index contributed by atoms with van der Waals surface area (Å²) < 4.78 is 23.7. The molecule has 0 aromatic rings. The zero-order valence-corrected chi connectivity index (χ0v) is 6.39. The van der Waals surface area contributed by atoms with Crippen LogP contribution in [0.4, 0.5) is 8.78 Å². The Bertz CT molecular complexity index is 182. The predicted molar refractivity (Wildman–Crippen MR) is 39.2 cm³/mol. The van der Waals surface area contributed by atoms with Crippen LogP contribution in [-0.2, 0) is 0 Å². The minimum absolute atomic E-state index is 0.207. The molecule has 2 rings (SSSR count). The van der Waals surface area contributed by atoms with E-state index in [-0.39, 0.29) is 5.92 Å². The second-order valence-electron chi connectivity index (χ2n) is 3.80. The van der Waals surface area contributed by atoms with Crippen LogP contribution in [0.15, 0.2) is 12.2 Å². The Hall–Kier alpha value is -0.400. The number of halogens is 2. The molecule has 0 nitrogen and oxygen atoms in total. The van der Waals surface area contributed by atoms with Crippen LogP contribution in [0.2, 0.25) is 0 Å². The van der Waals surface area contributed by atoms with Gasteiger partial charge in [0.25, 0.3) is 6.08 Å². The van der Waals surface area contributed by atoms with Crippen molar-refractivity contribution >= 4 is 0 Å². The summed E-state index contributed by atoms with van der Waals surface area (Å²) in [6.45, 7) is 0. The molecule has 3 atom stereocenters. The van der Waals surface area contributed by atoms with Crippen LogP contribution in [-0.4, -0.2) is 0 Å². The average Bonchev–Trinajstić information content (AvgIpc) is 2.45. The molecule has 2 aliphatic rings. The van der Waals surface area contributed by atoms with Gasteiger partial charge in [-0.25, -0.2) is 0 Å². The van der Waals surface area contributed by atoms with Gasteiger partial charge in [0.1, 0.15) is 0 Å². The molecule has 0 amide bonds. The van der Waals surface area contributed by atoms with Crippen LogP contribution in [0.5, 0.6) is 0 Å². The Kier molecular flexibility index (Phi) is 1.70. The van der Waals surface area contributed by atoms with Gasteiger partial charge in [-0.15, -0.1) is 0 Å². The summed E-state index contributed by atoms with van der Waals surface area (Å²) in [5, 5.41) is 0. The van der Waals surface area contributed by atoms with Gasteiger partial charge in [0, 0.05) is 0 Å². The normalized spacial score (nSPS) is 41.1. The van der Waals surface area contributed by atoms with E-state index < -0.39 is 6.08 Å². The lowest BCUT2D eigenvalue weighted by Gasteiger charge is -2.16. The zero-order valence-electron chi connectivity index (χ0n) is 6.39. The van der Waals surface area contributed by atoms with Crippen molar-refractivity contribution in [3.63, 3.8) is 0 Å². The van der Waals surface area contributed by atoms with Crippen molar-refractivity contribution in [2.45, 2.75) is 25.7 Å². The third kappa shape index (κ3) is 1.31. The summed E-state index contributed by atoms with van der Waals surface area (Å²) in [4.78, 5) is 0. The maximum Gasteiger partial charge on any atom is 0.266 e. The highest BCUT2D eigenvalue weighted by atomic mass is 19.3. The molecule has 0 heterocycles. The van der Waals surface area contributed by atoms with Crippen LogP contribution in [0.3, 0.4) is 0 Å². The number of hydrogen-bond donors (Lipinski definition) is 0. The number of hydrogen-bond acceptors (Lipinski definition) is 0. The molecule has 0 saturated heterocycles. The fourth-order valence-corrected chi connectivity index (χ4v) is 2.66. The first-order chi connectivity index (χ1) is 5.25. The zero-order chi connectivity index (χ0) is 7.84. The quantitative estimate of drug-likeness (QED) is 0.549. The van der Waals surface area contributed by atoms with Crippen molar-refractivity contribution in [1.82, 2.24) is 0 Å². The average molecular weight is 158 g/mol. The standard InChI is InChI=1S/C9H12F2/c10-9(11)5-8-4-6-1-2-7(8)3-6/h5-8H,1-4H2/t6-,7+,8-/m0/s1. The maximum atomic E-state index is 11.9. The van der Waals surface area contributed by atoms with Gasteiger partial charge in [-0.2, -0.15) is 8.78 Å². The molecule has 62 valence electrons. The van der Waals surface area contributed by atoms with Crippen LogP contribution < -0.4 is 0 Å². The largest absolute Gasteiger partial charge is 0.266 e. The van der Waals surface area contributed by atoms with Crippen molar-refractivity contribution < 1.29 is 8.78 Å². The second kappa shape index (κ2) is 2.58. The molecule has 2 saturated carbocycles. The van der Waals surface area contributed by atoms with Gasteiger partial charge in [0.2, 0.25) is 0 Å². The van der Waals surface area contributed by atoms with E-state index in [0.29, 0.717) is 5.92 Å². The fourth-order valence-electron chi connectivity index (χ4n) is 2.66. The molecule has 2 aliphatic carbocycles. The van der Waals surface area contributed by atoms with Crippen molar-refractivity contribution in [2.24, 2.45) is 17.8 Å². The second-order valence-corrected chi connectivity index (χ2v) is 3.80. The summed E-state index contributed by atoms with van der Waals surface area (Å²) >= 11 is 0. The van der Waals surface area contributed by atoms with Crippen molar-refractivity contribution in [3.8, 4) is 0 Å². The highest BCUT2D eigenvalue weighted by Gasteiger charge is 2.38. The van der Waals surface area contributed by atoms with Gasteiger partial charge >= 0.3 is 0 Å². The molecule has 0 aromatic heterocycles. The van der Waals surface area contributed by atoms with Crippen LogP contribution in [0, 0.1) is 17.8 Å².